The zero-order chi connectivity index (χ0) is 22.6. The molecule has 1 aliphatic carbocycles. The summed E-state index contributed by atoms with van der Waals surface area (Å²) in [5, 5.41) is 5.68. The highest BCUT2D eigenvalue weighted by atomic mass is 16.5. The van der Waals surface area contributed by atoms with Crippen molar-refractivity contribution in [2.75, 3.05) is 19.0 Å². The van der Waals surface area contributed by atoms with Crippen molar-refractivity contribution in [3.05, 3.63) is 48.5 Å². The molecule has 2 aromatic carbocycles. The van der Waals surface area contributed by atoms with Crippen LogP contribution >= 0.6 is 0 Å². The lowest BCUT2D eigenvalue weighted by Crippen LogP contribution is -2.44. The molecule has 2 aromatic rings. The number of carbonyl (C=O) groups is 3. The molecular weight excluding hydrogens is 410 g/mol. The lowest BCUT2D eigenvalue weighted by Gasteiger charge is -2.19. The second kappa shape index (κ2) is 9.30. The van der Waals surface area contributed by atoms with Crippen molar-refractivity contribution in [1.29, 1.82) is 0 Å². The van der Waals surface area contributed by atoms with Crippen LogP contribution in [0.3, 0.4) is 0 Å². The van der Waals surface area contributed by atoms with Crippen LogP contribution < -0.4 is 20.1 Å². The van der Waals surface area contributed by atoms with Gasteiger partial charge in [-0.1, -0.05) is 25.0 Å². The predicted octanol–water partition coefficient (Wildman–Crippen LogP) is 4.07. The number of nitrogens with zero attached hydrogens (tertiary/aromatic N) is 1. The van der Waals surface area contributed by atoms with Crippen LogP contribution in [-0.2, 0) is 9.59 Å². The van der Waals surface area contributed by atoms with E-state index in [4.69, 9.17) is 9.47 Å². The summed E-state index contributed by atoms with van der Waals surface area (Å²) in [5.74, 6) is 1.53. The third-order valence-electron chi connectivity index (χ3n) is 5.92. The second-order valence-corrected chi connectivity index (χ2v) is 8.11. The lowest BCUT2D eigenvalue weighted by atomic mass is 9.98. The number of carbonyl (C=O) groups excluding carboxylic acids is 3. The number of para-hydroxylation sites is 2. The molecule has 2 N–H and O–H groups in total. The number of hydrogen-bond donors (Lipinski definition) is 2. The molecule has 0 aromatic heterocycles. The normalized spacial score (nSPS) is 16.8. The molecule has 0 bridgehead atoms. The summed E-state index contributed by atoms with van der Waals surface area (Å²) in [6, 6.07) is 14.0. The Hall–Kier alpha value is -3.55. The van der Waals surface area contributed by atoms with E-state index >= 15 is 0 Å². The molecule has 0 radical (unpaired) electrons. The molecule has 2 aliphatic rings. The fraction of sp³-hybridized carbons (Fsp3) is 0.375. The Kier molecular flexibility index (Phi) is 6.30. The minimum absolute atomic E-state index is 0.147. The van der Waals surface area contributed by atoms with Crippen molar-refractivity contribution in [1.82, 2.24) is 10.2 Å². The van der Waals surface area contributed by atoms with Gasteiger partial charge in [0.25, 0.3) is 5.91 Å². The van der Waals surface area contributed by atoms with Crippen molar-refractivity contribution in [3.8, 4) is 17.2 Å². The number of urea groups is 1. The molecule has 4 rings (SSSR count). The van der Waals surface area contributed by atoms with Gasteiger partial charge in [0.2, 0.25) is 5.91 Å². The van der Waals surface area contributed by atoms with Gasteiger partial charge in [-0.05, 0) is 55.7 Å². The van der Waals surface area contributed by atoms with Crippen LogP contribution in [0.25, 0.3) is 0 Å². The Morgan fingerprint density at radius 3 is 2.44 bits per heavy atom. The SMILES string of the molecule is COc1ccccc1Oc1ccc(NC(=O)CCCN2C(=O)NC3(CCCC3)C2=O)cc1. The molecule has 32 heavy (non-hydrogen) atoms. The van der Waals surface area contributed by atoms with Gasteiger partial charge in [0.1, 0.15) is 11.3 Å². The van der Waals surface area contributed by atoms with E-state index in [1.54, 1.807) is 31.4 Å². The van der Waals surface area contributed by atoms with Crippen LogP contribution in [-0.4, -0.2) is 41.9 Å². The number of methoxy groups -OCH3 is 1. The van der Waals surface area contributed by atoms with Crippen molar-refractivity contribution in [2.24, 2.45) is 0 Å². The number of imide groups is 1. The summed E-state index contributed by atoms with van der Waals surface area (Å²) < 4.78 is 11.1. The number of amides is 4. The topological polar surface area (TPSA) is 97.0 Å². The molecule has 4 amide bonds. The number of hydrogen-bond acceptors (Lipinski definition) is 5. The fourth-order valence-electron chi connectivity index (χ4n) is 4.25. The van der Waals surface area contributed by atoms with Crippen LogP contribution in [0.1, 0.15) is 38.5 Å². The smallest absolute Gasteiger partial charge is 0.325 e. The van der Waals surface area contributed by atoms with E-state index in [9.17, 15) is 14.4 Å². The van der Waals surface area contributed by atoms with Crippen LogP contribution in [0.2, 0.25) is 0 Å². The summed E-state index contributed by atoms with van der Waals surface area (Å²) in [4.78, 5) is 38.4. The van der Waals surface area contributed by atoms with Gasteiger partial charge in [0, 0.05) is 18.7 Å². The van der Waals surface area contributed by atoms with Crippen LogP contribution in [0, 0.1) is 0 Å². The van der Waals surface area contributed by atoms with Gasteiger partial charge in [-0.3, -0.25) is 14.5 Å². The number of benzene rings is 2. The Labute approximate surface area is 186 Å². The van der Waals surface area contributed by atoms with E-state index in [0.29, 0.717) is 42.2 Å². The van der Waals surface area contributed by atoms with Crippen LogP contribution in [0.4, 0.5) is 10.5 Å². The van der Waals surface area contributed by atoms with Gasteiger partial charge in [0.05, 0.1) is 7.11 Å². The molecule has 1 heterocycles. The fourth-order valence-corrected chi connectivity index (χ4v) is 4.25. The minimum Gasteiger partial charge on any atom is -0.493 e. The van der Waals surface area contributed by atoms with Gasteiger partial charge < -0.3 is 20.1 Å². The third kappa shape index (κ3) is 4.54. The van der Waals surface area contributed by atoms with Crippen LogP contribution in [0.5, 0.6) is 17.2 Å². The zero-order valence-electron chi connectivity index (χ0n) is 18.1. The zero-order valence-corrected chi connectivity index (χ0v) is 18.1. The third-order valence-corrected chi connectivity index (χ3v) is 5.92. The predicted molar refractivity (Wildman–Crippen MR) is 119 cm³/mol. The number of nitrogens with one attached hydrogen (secondary N) is 2. The monoisotopic (exact) mass is 437 g/mol. The molecule has 1 aliphatic heterocycles. The van der Waals surface area contributed by atoms with Crippen molar-refractivity contribution >= 4 is 23.5 Å². The summed E-state index contributed by atoms with van der Waals surface area (Å²) in [6.07, 6.45) is 3.92. The first-order valence-electron chi connectivity index (χ1n) is 10.9. The molecule has 168 valence electrons. The van der Waals surface area contributed by atoms with E-state index in [1.807, 2.05) is 24.3 Å². The molecule has 0 unspecified atom stereocenters. The Bertz CT molecular complexity index is 999. The summed E-state index contributed by atoms with van der Waals surface area (Å²) in [5.41, 5.74) is -0.0605. The van der Waals surface area contributed by atoms with E-state index in [-0.39, 0.29) is 30.8 Å². The number of anilines is 1. The standard InChI is InChI=1S/C24H27N3O5/c1-31-19-7-2-3-8-20(19)32-18-12-10-17(11-13-18)25-21(28)9-6-16-27-22(29)24(26-23(27)30)14-4-5-15-24/h2-3,7-8,10-13H,4-6,9,14-16H2,1H3,(H,25,28)(H,26,30). The lowest BCUT2D eigenvalue weighted by molar-refractivity contribution is -0.131. The average Bonchev–Trinajstić information content (AvgIpc) is 3.35. The van der Waals surface area contributed by atoms with E-state index in [1.165, 1.54) is 4.90 Å². The minimum atomic E-state index is -0.701. The van der Waals surface area contributed by atoms with E-state index < -0.39 is 5.54 Å². The molecule has 1 saturated carbocycles. The van der Waals surface area contributed by atoms with Crippen molar-refractivity contribution < 1.29 is 23.9 Å². The van der Waals surface area contributed by atoms with Gasteiger partial charge in [-0.2, -0.15) is 0 Å². The van der Waals surface area contributed by atoms with E-state index in [0.717, 1.165) is 12.8 Å². The highest BCUT2D eigenvalue weighted by molar-refractivity contribution is 6.07. The maximum atomic E-state index is 12.6. The first-order valence-corrected chi connectivity index (χ1v) is 10.9. The maximum Gasteiger partial charge on any atom is 0.325 e. The summed E-state index contributed by atoms with van der Waals surface area (Å²) in [7, 11) is 1.58. The summed E-state index contributed by atoms with van der Waals surface area (Å²) >= 11 is 0. The average molecular weight is 437 g/mol. The molecule has 8 heteroatoms. The van der Waals surface area contributed by atoms with Gasteiger partial charge in [-0.25, -0.2) is 4.79 Å². The Morgan fingerprint density at radius 1 is 1.06 bits per heavy atom. The Balaban J connectivity index is 1.25. The molecule has 8 nitrogen and oxygen atoms in total. The molecule has 0 atom stereocenters. The largest absolute Gasteiger partial charge is 0.493 e. The van der Waals surface area contributed by atoms with Gasteiger partial charge in [0.15, 0.2) is 11.5 Å². The quantitative estimate of drug-likeness (QED) is 0.607. The summed E-state index contributed by atoms with van der Waals surface area (Å²) in [6.45, 7) is 0.242. The first kappa shape index (κ1) is 21.7. The molecule has 1 spiro atoms. The molecule has 1 saturated heterocycles. The van der Waals surface area contributed by atoms with Crippen LogP contribution in [0.15, 0.2) is 48.5 Å². The van der Waals surface area contributed by atoms with Crippen molar-refractivity contribution in [2.45, 2.75) is 44.1 Å². The highest BCUT2D eigenvalue weighted by Gasteiger charge is 2.52. The van der Waals surface area contributed by atoms with E-state index in [2.05, 4.69) is 10.6 Å². The Morgan fingerprint density at radius 2 is 1.75 bits per heavy atom. The van der Waals surface area contributed by atoms with Gasteiger partial charge >= 0.3 is 6.03 Å². The maximum absolute atomic E-state index is 12.6. The number of ether oxygens (including phenoxy) is 2. The molecular formula is C24H27N3O5. The first-order chi connectivity index (χ1) is 15.5. The van der Waals surface area contributed by atoms with Crippen molar-refractivity contribution in [3.63, 3.8) is 0 Å². The second-order valence-electron chi connectivity index (χ2n) is 8.11. The number of rotatable bonds is 8. The molecule has 2 fully saturated rings. The highest BCUT2D eigenvalue weighted by Crippen LogP contribution is 2.35. The van der Waals surface area contributed by atoms with Gasteiger partial charge in [-0.15, -0.1) is 0 Å².